The predicted molar refractivity (Wildman–Crippen MR) is 79.1 cm³/mol. The van der Waals surface area contributed by atoms with Crippen molar-refractivity contribution in [2.45, 2.75) is 19.4 Å². The molecule has 1 aromatic heterocycles. The first-order valence-corrected chi connectivity index (χ1v) is 6.67. The van der Waals surface area contributed by atoms with Crippen molar-refractivity contribution in [3.8, 4) is 11.8 Å². The van der Waals surface area contributed by atoms with E-state index in [-0.39, 0.29) is 5.92 Å². The minimum absolute atomic E-state index is 0.0895. The van der Waals surface area contributed by atoms with Crippen molar-refractivity contribution in [1.82, 2.24) is 9.97 Å². The highest BCUT2D eigenvalue weighted by molar-refractivity contribution is 6.30. The third-order valence-electron chi connectivity index (χ3n) is 3.08. The first-order valence-electron chi connectivity index (χ1n) is 6.29. The predicted octanol–water partition coefficient (Wildman–Crippen LogP) is 3.03. The summed E-state index contributed by atoms with van der Waals surface area (Å²) in [6.45, 7) is 3.81. The molecule has 0 fully saturated rings. The van der Waals surface area contributed by atoms with E-state index < -0.39 is 5.60 Å². The molecule has 2 aromatic rings. The first-order chi connectivity index (χ1) is 9.52. The van der Waals surface area contributed by atoms with Crippen molar-refractivity contribution >= 4 is 11.6 Å². The lowest BCUT2D eigenvalue weighted by Gasteiger charge is -2.26. The Morgan fingerprint density at radius 1 is 1.15 bits per heavy atom. The summed E-state index contributed by atoms with van der Waals surface area (Å²) in [7, 11) is 0. The van der Waals surface area contributed by atoms with Gasteiger partial charge in [0.15, 0.2) is 5.60 Å². The highest BCUT2D eigenvalue weighted by Crippen LogP contribution is 2.27. The summed E-state index contributed by atoms with van der Waals surface area (Å²) in [6, 6.07) is 7.17. The van der Waals surface area contributed by atoms with E-state index in [1.165, 1.54) is 6.33 Å². The van der Waals surface area contributed by atoms with Crippen LogP contribution in [0.25, 0.3) is 0 Å². The van der Waals surface area contributed by atoms with Crippen LogP contribution in [0.2, 0.25) is 5.02 Å². The number of benzene rings is 1. The molecule has 4 heteroatoms. The molecule has 0 bridgehead atoms. The summed E-state index contributed by atoms with van der Waals surface area (Å²) in [5.41, 5.74) is 0.114. The van der Waals surface area contributed by atoms with Crippen molar-refractivity contribution < 1.29 is 5.11 Å². The standard InChI is InChI=1S/C16H15ClN2O/c1-12(2)16(20,14-9-18-11-19-10-14)8-7-13-3-5-15(17)6-4-13/h3-6,9-12,20H,1-2H3. The van der Waals surface area contributed by atoms with Crippen LogP contribution in [-0.2, 0) is 5.60 Å². The maximum absolute atomic E-state index is 10.8. The summed E-state index contributed by atoms with van der Waals surface area (Å²) in [4.78, 5) is 7.89. The van der Waals surface area contributed by atoms with Gasteiger partial charge < -0.3 is 5.11 Å². The Labute approximate surface area is 123 Å². The number of hydrogen-bond donors (Lipinski definition) is 1. The second-order valence-electron chi connectivity index (χ2n) is 4.81. The van der Waals surface area contributed by atoms with Gasteiger partial charge in [-0.3, -0.25) is 0 Å². The van der Waals surface area contributed by atoms with Crippen LogP contribution in [-0.4, -0.2) is 15.1 Å². The van der Waals surface area contributed by atoms with Crippen LogP contribution >= 0.6 is 11.6 Å². The molecule has 0 aliphatic heterocycles. The Kier molecular flexibility index (Phi) is 4.39. The van der Waals surface area contributed by atoms with Crippen molar-refractivity contribution in [3.05, 3.63) is 59.1 Å². The molecule has 1 atom stereocenters. The number of rotatable bonds is 2. The lowest BCUT2D eigenvalue weighted by molar-refractivity contribution is 0.0496. The van der Waals surface area contributed by atoms with Crippen LogP contribution in [0.5, 0.6) is 0 Å². The minimum atomic E-state index is -1.28. The van der Waals surface area contributed by atoms with Crippen molar-refractivity contribution in [2.24, 2.45) is 5.92 Å². The Bertz CT molecular complexity index is 629. The molecule has 1 N–H and O–H groups in total. The molecule has 20 heavy (non-hydrogen) atoms. The monoisotopic (exact) mass is 286 g/mol. The maximum Gasteiger partial charge on any atom is 0.156 e. The average molecular weight is 287 g/mol. The van der Waals surface area contributed by atoms with E-state index >= 15 is 0 Å². The molecule has 0 saturated carbocycles. The van der Waals surface area contributed by atoms with Crippen molar-refractivity contribution in [1.29, 1.82) is 0 Å². The van der Waals surface area contributed by atoms with Gasteiger partial charge in [0.1, 0.15) is 6.33 Å². The van der Waals surface area contributed by atoms with E-state index in [1.807, 2.05) is 26.0 Å². The molecule has 0 aliphatic rings. The van der Waals surface area contributed by atoms with Crippen LogP contribution in [0.1, 0.15) is 25.0 Å². The smallest absolute Gasteiger partial charge is 0.156 e. The summed E-state index contributed by atoms with van der Waals surface area (Å²) in [5.74, 6) is 5.82. The van der Waals surface area contributed by atoms with Crippen LogP contribution in [0, 0.1) is 17.8 Å². The molecule has 102 valence electrons. The SMILES string of the molecule is CC(C)C(O)(C#Cc1ccc(Cl)cc1)c1cncnc1. The number of nitrogens with zero attached hydrogens (tertiary/aromatic N) is 2. The molecule has 3 nitrogen and oxygen atoms in total. The zero-order valence-corrected chi connectivity index (χ0v) is 12.1. The van der Waals surface area contributed by atoms with Crippen molar-refractivity contribution in [2.75, 3.05) is 0 Å². The fourth-order valence-electron chi connectivity index (χ4n) is 1.75. The Morgan fingerprint density at radius 3 is 2.30 bits per heavy atom. The quantitative estimate of drug-likeness (QED) is 0.863. The molecule has 0 spiro atoms. The normalized spacial score (nSPS) is 13.4. The van der Waals surface area contributed by atoms with E-state index in [9.17, 15) is 5.11 Å². The van der Waals surface area contributed by atoms with Crippen LogP contribution in [0.4, 0.5) is 0 Å². The lowest BCUT2D eigenvalue weighted by atomic mass is 9.85. The second kappa shape index (κ2) is 6.04. The van der Waals surface area contributed by atoms with E-state index in [0.29, 0.717) is 10.6 Å². The van der Waals surface area contributed by atoms with Gasteiger partial charge in [-0.1, -0.05) is 37.3 Å². The van der Waals surface area contributed by atoms with Gasteiger partial charge in [-0.2, -0.15) is 0 Å². The van der Waals surface area contributed by atoms with Gasteiger partial charge in [0.25, 0.3) is 0 Å². The lowest BCUT2D eigenvalue weighted by Crippen LogP contribution is -2.30. The zero-order chi connectivity index (χ0) is 14.6. The largest absolute Gasteiger partial charge is 0.373 e. The van der Waals surface area contributed by atoms with Gasteiger partial charge in [-0.15, -0.1) is 0 Å². The average Bonchev–Trinajstić information content (AvgIpc) is 2.47. The fraction of sp³-hybridized carbons (Fsp3) is 0.250. The first kappa shape index (κ1) is 14.5. The highest BCUT2D eigenvalue weighted by atomic mass is 35.5. The maximum atomic E-state index is 10.8. The van der Waals surface area contributed by atoms with Gasteiger partial charge in [0.05, 0.1) is 0 Å². The fourth-order valence-corrected chi connectivity index (χ4v) is 1.87. The number of aliphatic hydroxyl groups is 1. The molecule has 1 unspecified atom stereocenters. The number of halogens is 1. The minimum Gasteiger partial charge on any atom is -0.373 e. The summed E-state index contributed by atoms with van der Waals surface area (Å²) >= 11 is 5.83. The van der Waals surface area contributed by atoms with E-state index in [0.717, 1.165) is 5.56 Å². The summed E-state index contributed by atoms with van der Waals surface area (Å²) < 4.78 is 0. The molecule has 0 amide bonds. The third kappa shape index (κ3) is 3.16. The van der Waals surface area contributed by atoms with Gasteiger partial charge in [0.2, 0.25) is 0 Å². The topological polar surface area (TPSA) is 46.0 Å². The molecule has 0 aliphatic carbocycles. The molecule has 2 rings (SSSR count). The van der Waals surface area contributed by atoms with E-state index in [2.05, 4.69) is 21.8 Å². The Hall–Kier alpha value is -1.89. The van der Waals surface area contributed by atoms with Gasteiger partial charge in [-0.25, -0.2) is 9.97 Å². The van der Waals surface area contributed by atoms with E-state index in [1.54, 1.807) is 24.5 Å². The summed E-state index contributed by atoms with van der Waals surface area (Å²) in [5, 5.41) is 11.5. The molecule has 0 saturated heterocycles. The number of hydrogen-bond acceptors (Lipinski definition) is 3. The van der Waals surface area contributed by atoms with Crippen LogP contribution in [0.15, 0.2) is 43.0 Å². The highest BCUT2D eigenvalue weighted by Gasteiger charge is 2.31. The molecule has 1 heterocycles. The van der Waals surface area contributed by atoms with Gasteiger partial charge in [0, 0.05) is 28.5 Å². The van der Waals surface area contributed by atoms with Crippen molar-refractivity contribution in [3.63, 3.8) is 0 Å². The Balaban J connectivity index is 2.39. The second-order valence-corrected chi connectivity index (χ2v) is 5.24. The molecule has 1 aromatic carbocycles. The van der Waals surface area contributed by atoms with Crippen LogP contribution < -0.4 is 0 Å². The zero-order valence-electron chi connectivity index (χ0n) is 11.3. The third-order valence-corrected chi connectivity index (χ3v) is 3.33. The summed E-state index contributed by atoms with van der Waals surface area (Å²) in [6.07, 6.45) is 4.60. The molecule has 0 radical (unpaired) electrons. The van der Waals surface area contributed by atoms with Crippen LogP contribution in [0.3, 0.4) is 0 Å². The van der Waals surface area contributed by atoms with Gasteiger partial charge in [-0.05, 0) is 30.2 Å². The molecular weight excluding hydrogens is 272 g/mol. The van der Waals surface area contributed by atoms with E-state index in [4.69, 9.17) is 11.6 Å². The molecular formula is C16H15ClN2O. The Morgan fingerprint density at radius 2 is 1.75 bits per heavy atom. The number of aromatic nitrogens is 2. The van der Waals surface area contributed by atoms with Gasteiger partial charge >= 0.3 is 0 Å².